The smallest absolute Gasteiger partial charge is 0.0674 e. The van der Waals surface area contributed by atoms with E-state index in [1.807, 2.05) is 0 Å². The summed E-state index contributed by atoms with van der Waals surface area (Å²) in [5.74, 6) is 0.635. The summed E-state index contributed by atoms with van der Waals surface area (Å²) >= 11 is 0. The maximum atomic E-state index is 5.83. The van der Waals surface area contributed by atoms with Gasteiger partial charge in [-0.2, -0.15) is 0 Å². The highest BCUT2D eigenvalue weighted by Gasteiger charge is 2.36. The predicted octanol–water partition coefficient (Wildman–Crippen LogP) is 2.93. The van der Waals surface area contributed by atoms with E-state index >= 15 is 0 Å². The zero-order valence-corrected chi connectivity index (χ0v) is 13.5. The van der Waals surface area contributed by atoms with Gasteiger partial charge in [-0.25, -0.2) is 0 Å². The van der Waals surface area contributed by atoms with Crippen molar-refractivity contribution >= 4 is 0 Å². The third-order valence-corrected chi connectivity index (χ3v) is 5.11. The molecule has 0 saturated carbocycles. The fourth-order valence-corrected chi connectivity index (χ4v) is 4.11. The minimum Gasteiger partial charge on any atom is -0.377 e. The molecule has 116 valence electrons. The van der Waals surface area contributed by atoms with Crippen LogP contribution < -0.4 is 5.32 Å². The predicted molar refractivity (Wildman–Crippen MR) is 86.7 cm³/mol. The molecule has 21 heavy (non-hydrogen) atoms. The second kappa shape index (κ2) is 6.47. The molecule has 1 aliphatic heterocycles. The molecule has 3 rings (SSSR count). The van der Waals surface area contributed by atoms with Crippen LogP contribution in [0.3, 0.4) is 0 Å². The van der Waals surface area contributed by atoms with Crippen LogP contribution in [0.25, 0.3) is 0 Å². The van der Waals surface area contributed by atoms with Crippen molar-refractivity contribution < 1.29 is 4.74 Å². The Bertz CT molecular complexity index is 476. The molecule has 1 N–H and O–H groups in total. The van der Waals surface area contributed by atoms with Crippen molar-refractivity contribution in [2.75, 3.05) is 26.7 Å². The number of hydrogen-bond acceptors (Lipinski definition) is 3. The van der Waals surface area contributed by atoms with Crippen LogP contribution in [0.5, 0.6) is 0 Å². The van der Waals surface area contributed by atoms with Gasteiger partial charge in [-0.3, -0.25) is 4.90 Å². The van der Waals surface area contributed by atoms with Crippen LogP contribution in [-0.4, -0.2) is 43.8 Å². The Labute approximate surface area is 128 Å². The highest BCUT2D eigenvalue weighted by atomic mass is 16.5. The van der Waals surface area contributed by atoms with E-state index in [1.165, 1.54) is 17.5 Å². The minimum absolute atomic E-state index is 0.345. The third kappa shape index (κ3) is 3.01. The van der Waals surface area contributed by atoms with Gasteiger partial charge in [0.25, 0.3) is 0 Å². The number of fused-ring (bicyclic) bond motifs is 1. The van der Waals surface area contributed by atoms with Crippen molar-refractivity contribution in [3.8, 4) is 0 Å². The van der Waals surface area contributed by atoms with Crippen molar-refractivity contribution in [3.63, 3.8) is 0 Å². The van der Waals surface area contributed by atoms with Crippen molar-refractivity contribution in [1.29, 1.82) is 0 Å². The van der Waals surface area contributed by atoms with E-state index in [-0.39, 0.29) is 0 Å². The number of rotatable bonds is 2. The maximum Gasteiger partial charge on any atom is 0.0674 e. The van der Waals surface area contributed by atoms with E-state index < -0.39 is 0 Å². The largest absolute Gasteiger partial charge is 0.377 e. The van der Waals surface area contributed by atoms with E-state index in [0.717, 1.165) is 26.1 Å². The molecule has 0 aromatic heterocycles. The average Bonchev–Trinajstić information content (AvgIpc) is 2.72. The molecule has 4 unspecified atom stereocenters. The van der Waals surface area contributed by atoms with Gasteiger partial charge < -0.3 is 10.1 Å². The Morgan fingerprint density at radius 3 is 2.71 bits per heavy atom. The van der Waals surface area contributed by atoms with Crippen molar-refractivity contribution in [2.45, 2.75) is 50.8 Å². The molecule has 2 aliphatic rings. The molecule has 1 fully saturated rings. The first-order chi connectivity index (χ1) is 10.2. The van der Waals surface area contributed by atoms with E-state index in [1.54, 1.807) is 0 Å². The number of ether oxygens (including phenoxy) is 1. The highest BCUT2D eigenvalue weighted by Crippen LogP contribution is 2.39. The molecule has 3 heteroatoms. The number of likely N-dealkylation sites (N-methyl/N-ethyl adjacent to an activating group) is 1. The first-order valence-corrected chi connectivity index (χ1v) is 8.32. The molecule has 0 bridgehead atoms. The molecule has 4 atom stereocenters. The molecule has 0 spiro atoms. The zero-order chi connectivity index (χ0) is 14.8. The third-order valence-electron chi connectivity index (χ3n) is 5.11. The number of benzene rings is 1. The van der Waals surface area contributed by atoms with Gasteiger partial charge in [-0.15, -0.1) is 0 Å². The summed E-state index contributed by atoms with van der Waals surface area (Å²) in [7, 11) is 2.10. The van der Waals surface area contributed by atoms with Crippen LogP contribution in [0, 0.1) is 0 Å². The van der Waals surface area contributed by atoms with Crippen LogP contribution in [0.15, 0.2) is 24.3 Å². The van der Waals surface area contributed by atoms with Gasteiger partial charge in [0.2, 0.25) is 0 Å². The fourth-order valence-electron chi connectivity index (χ4n) is 4.11. The number of nitrogens with zero attached hydrogens (tertiary/aromatic N) is 1. The molecule has 1 aromatic carbocycles. The van der Waals surface area contributed by atoms with Crippen molar-refractivity contribution in [2.24, 2.45) is 0 Å². The lowest BCUT2D eigenvalue weighted by Gasteiger charge is -2.43. The lowest BCUT2D eigenvalue weighted by atomic mass is 9.77. The summed E-state index contributed by atoms with van der Waals surface area (Å²) in [6.07, 6.45) is 2.72. The lowest BCUT2D eigenvalue weighted by molar-refractivity contribution is 0.0526. The quantitative estimate of drug-likeness (QED) is 0.905. The van der Waals surface area contributed by atoms with Gasteiger partial charge in [-0.05, 0) is 43.9 Å². The normalized spacial score (nSPS) is 34.2. The van der Waals surface area contributed by atoms with Crippen LogP contribution in [0.1, 0.15) is 49.8 Å². The van der Waals surface area contributed by atoms with Crippen molar-refractivity contribution in [3.05, 3.63) is 35.4 Å². The van der Waals surface area contributed by atoms with Gasteiger partial charge in [-0.1, -0.05) is 31.2 Å². The SMILES string of the molecule is CNC1c2ccccc2C(C)CC1N1CCCOC(C)C1. The highest BCUT2D eigenvalue weighted by molar-refractivity contribution is 5.36. The summed E-state index contributed by atoms with van der Waals surface area (Å²) in [5.41, 5.74) is 3.01. The van der Waals surface area contributed by atoms with E-state index in [9.17, 15) is 0 Å². The first-order valence-electron chi connectivity index (χ1n) is 8.32. The maximum absolute atomic E-state index is 5.83. The average molecular weight is 288 g/mol. The standard InChI is InChI=1S/C18H28N2O/c1-13-11-17(20-9-6-10-21-14(2)12-20)18(19-3)16-8-5-4-7-15(13)16/h4-5,7-8,13-14,17-19H,6,9-12H2,1-3H3. The molecule has 3 nitrogen and oxygen atoms in total. The van der Waals surface area contributed by atoms with Gasteiger partial charge in [0.1, 0.15) is 0 Å². The van der Waals surface area contributed by atoms with Gasteiger partial charge in [0, 0.05) is 31.8 Å². The van der Waals surface area contributed by atoms with E-state index in [4.69, 9.17) is 4.74 Å². The Balaban J connectivity index is 1.88. The van der Waals surface area contributed by atoms with Crippen LogP contribution >= 0.6 is 0 Å². The summed E-state index contributed by atoms with van der Waals surface area (Å²) in [6, 6.07) is 9.95. The van der Waals surface area contributed by atoms with Crippen molar-refractivity contribution in [1.82, 2.24) is 10.2 Å². The van der Waals surface area contributed by atoms with Gasteiger partial charge in [0.15, 0.2) is 0 Å². The molecular formula is C18H28N2O. The lowest BCUT2D eigenvalue weighted by Crippen LogP contribution is -2.49. The molecule has 1 heterocycles. The molecular weight excluding hydrogens is 260 g/mol. The molecule has 0 radical (unpaired) electrons. The fraction of sp³-hybridized carbons (Fsp3) is 0.667. The first kappa shape index (κ1) is 15.0. The van der Waals surface area contributed by atoms with E-state index in [0.29, 0.717) is 24.1 Å². The topological polar surface area (TPSA) is 24.5 Å². The van der Waals surface area contributed by atoms with Crippen LogP contribution in [0.4, 0.5) is 0 Å². The minimum atomic E-state index is 0.345. The van der Waals surface area contributed by atoms with E-state index in [2.05, 4.69) is 55.4 Å². The Morgan fingerprint density at radius 2 is 1.95 bits per heavy atom. The van der Waals surface area contributed by atoms with Crippen LogP contribution in [-0.2, 0) is 4.74 Å². The monoisotopic (exact) mass is 288 g/mol. The Kier molecular flexibility index (Phi) is 4.63. The number of nitrogens with one attached hydrogen (secondary N) is 1. The summed E-state index contributed by atoms with van der Waals surface area (Å²) in [4.78, 5) is 2.66. The molecule has 1 aromatic rings. The number of hydrogen-bond donors (Lipinski definition) is 1. The Hall–Kier alpha value is -0.900. The van der Waals surface area contributed by atoms with Gasteiger partial charge >= 0.3 is 0 Å². The molecule has 0 amide bonds. The summed E-state index contributed by atoms with van der Waals surface area (Å²) in [6.45, 7) is 7.68. The summed E-state index contributed by atoms with van der Waals surface area (Å²) < 4.78 is 5.83. The zero-order valence-electron chi connectivity index (χ0n) is 13.5. The molecule has 1 saturated heterocycles. The van der Waals surface area contributed by atoms with Gasteiger partial charge in [0.05, 0.1) is 6.10 Å². The summed E-state index contributed by atoms with van der Waals surface area (Å²) in [5, 5.41) is 3.58. The van der Waals surface area contributed by atoms with Crippen LogP contribution in [0.2, 0.25) is 0 Å². The Morgan fingerprint density at radius 1 is 1.19 bits per heavy atom. The molecule has 1 aliphatic carbocycles. The second-order valence-corrected chi connectivity index (χ2v) is 6.63. The second-order valence-electron chi connectivity index (χ2n) is 6.63.